The monoisotopic (exact) mass is 414 g/mol. The first kappa shape index (κ1) is 20.2. The predicted octanol–water partition coefficient (Wildman–Crippen LogP) is 1.68. The van der Waals surface area contributed by atoms with Crippen LogP contribution in [0.5, 0.6) is 0 Å². The fraction of sp³-hybridized carbons (Fsp3) is 0.211. The van der Waals surface area contributed by atoms with Gasteiger partial charge < -0.3 is 15.8 Å². The first-order chi connectivity index (χ1) is 13.8. The number of nitrogens with one attached hydrogen (secondary N) is 1. The number of nitrogens with zero attached hydrogens (tertiary/aromatic N) is 2. The van der Waals surface area contributed by atoms with Gasteiger partial charge in [0.2, 0.25) is 5.91 Å². The van der Waals surface area contributed by atoms with Gasteiger partial charge in [-0.05, 0) is 37.6 Å². The Bertz CT molecular complexity index is 1180. The highest BCUT2D eigenvalue weighted by Gasteiger charge is 2.18. The maximum absolute atomic E-state index is 12.7. The highest BCUT2D eigenvalue weighted by molar-refractivity contribution is 7.20. The number of esters is 1. The van der Waals surface area contributed by atoms with Gasteiger partial charge in [-0.2, -0.15) is 0 Å². The molecule has 0 aliphatic carbocycles. The van der Waals surface area contributed by atoms with Crippen LogP contribution < -0.4 is 16.6 Å². The van der Waals surface area contributed by atoms with Crippen LogP contribution in [0.15, 0.2) is 35.4 Å². The SMILES string of the molecule is CCOC(=O)c1cccc(NC(=O)Cn2cnc3sc(C(N)=O)c(C)c3c2=O)c1. The van der Waals surface area contributed by atoms with Gasteiger partial charge in [-0.3, -0.25) is 19.0 Å². The van der Waals surface area contributed by atoms with Gasteiger partial charge in [0.15, 0.2) is 0 Å². The van der Waals surface area contributed by atoms with Crippen LogP contribution in [-0.4, -0.2) is 33.9 Å². The number of aromatic nitrogens is 2. The number of hydrogen-bond donors (Lipinski definition) is 2. The Morgan fingerprint density at radius 2 is 2.07 bits per heavy atom. The molecule has 2 aromatic heterocycles. The molecule has 150 valence electrons. The lowest BCUT2D eigenvalue weighted by atomic mass is 10.2. The zero-order valence-corrected chi connectivity index (χ0v) is 16.5. The van der Waals surface area contributed by atoms with E-state index >= 15 is 0 Å². The molecule has 0 unspecified atom stereocenters. The fourth-order valence-corrected chi connectivity index (χ4v) is 3.79. The van der Waals surface area contributed by atoms with Crippen LogP contribution in [0.2, 0.25) is 0 Å². The highest BCUT2D eigenvalue weighted by atomic mass is 32.1. The van der Waals surface area contributed by atoms with Crippen molar-refractivity contribution in [2.75, 3.05) is 11.9 Å². The van der Waals surface area contributed by atoms with Gasteiger partial charge in [0, 0.05) is 5.69 Å². The Labute approximate surface area is 169 Å². The summed E-state index contributed by atoms with van der Waals surface area (Å²) in [5, 5.41) is 2.90. The minimum atomic E-state index is -0.629. The Balaban J connectivity index is 1.82. The number of ether oxygens (including phenoxy) is 1. The van der Waals surface area contributed by atoms with Crippen LogP contribution in [0.4, 0.5) is 5.69 Å². The number of carbonyl (C=O) groups is 3. The second-order valence-electron chi connectivity index (χ2n) is 6.13. The van der Waals surface area contributed by atoms with Crippen molar-refractivity contribution in [2.24, 2.45) is 5.73 Å². The topological polar surface area (TPSA) is 133 Å². The third-order valence-electron chi connectivity index (χ3n) is 4.11. The van der Waals surface area contributed by atoms with Crippen LogP contribution in [0.25, 0.3) is 10.2 Å². The number of anilines is 1. The largest absolute Gasteiger partial charge is 0.462 e. The third kappa shape index (κ3) is 4.16. The first-order valence-corrected chi connectivity index (χ1v) is 9.48. The van der Waals surface area contributed by atoms with E-state index < -0.39 is 23.3 Å². The standard InChI is InChI=1S/C19H18N4O5S/c1-3-28-19(27)11-5-4-6-12(7-11)22-13(24)8-23-9-21-17-14(18(23)26)10(2)15(29-17)16(20)25/h4-7,9H,3,8H2,1-2H3,(H2,20,25)(H,22,24). The average Bonchev–Trinajstić information content (AvgIpc) is 3.02. The van der Waals surface area contributed by atoms with Crippen molar-refractivity contribution in [1.29, 1.82) is 0 Å². The molecular weight excluding hydrogens is 396 g/mol. The Morgan fingerprint density at radius 3 is 2.76 bits per heavy atom. The van der Waals surface area contributed by atoms with Gasteiger partial charge in [-0.1, -0.05) is 6.07 Å². The molecule has 0 spiro atoms. The number of aryl methyl sites for hydroxylation is 1. The lowest BCUT2D eigenvalue weighted by molar-refractivity contribution is -0.116. The van der Waals surface area contributed by atoms with Crippen molar-refractivity contribution in [3.05, 3.63) is 57.0 Å². The highest BCUT2D eigenvalue weighted by Crippen LogP contribution is 2.26. The number of hydrogen-bond acceptors (Lipinski definition) is 7. The molecule has 0 saturated carbocycles. The second-order valence-corrected chi connectivity index (χ2v) is 7.13. The molecule has 2 heterocycles. The molecule has 0 aliphatic heterocycles. The molecule has 2 amide bonds. The maximum atomic E-state index is 12.7. The van der Waals surface area contributed by atoms with Crippen LogP contribution in [0, 0.1) is 6.92 Å². The zero-order chi connectivity index (χ0) is 21.1. The van der Waals surface area contributed by atoms with E-state index in [1.807, 2.05) is 0 Å². The van der Waals surface area contributed by atoms with Gasteiger partial charge in [0.05, 0.1) is 28.8 Å². The molecule has 0 saturated heterocycles. The summed E-state index contributed by atoms with van der Waals surface area (Å²) >= 11 is 1.04. The van der Waals surface area contributed by atoms with E-state index in [1.165, 1.54) is 12.4 Å². The molecule has 9 nitrogen and oxygen atoms in total. The normalized spacial score (nSPS) is 10.7. The average molecular weight is 414 g/mol. The van der Waals surface area contributed by atoms with Crippen molar-refractivity contribution >= 4 is 45.0 Å². The number of thiophene rings is 1. The van der Waals surface area contributed by atoms with Crippen LogP contribution in [-0.2, 0) is 16.1 Å². The molecule has 0 atom stereocenters. The summed E-state index contributed by atoms with van der Waals surface area (Å²) in [6.07, 6.45) is 1.25. The third-order valence-corrected chi connectivity index (χ3v) is 5.33. The molecule has 10 heteroatoms. The van der Waals surface area contributed by atoms with E-state index in [0.29, 0.717) is 21.6 Å². The molecule has 0 bridgehead atoms. The fourth-order valence-electron chi connectivity index (χ4n) is 2.80. The van der Waals surface area contributed by atoms with E-state index in [-0.39, 0.29) is 23.4 Å². The minimum Gasteiger partial charge on any atom is -0.462 e. The van der Waals surface area contributed by atoms with Crippen LogP contribution >= 0.6 is 11.3 Å². The molecule has 3 N–H and O–H groups in total. The predicted molar refractivity (Wildman–Crippen MR) is 108 cm³/mol. The maximum Gasteiger partial charge on any atom is 0.338 e. The van der Waals surface area contributed by atoms with E-state index in [1.54, 1.807) is 32.0 Å². The van der Waals surface area contributed by atoms with Crippen molar-refractivity contribution < 1.29 is 19.1 Å². The molecular formula is C19H18N4O5S. The molecule has 1 aromatic carbocycles. The number of nitrogens with two attached hydrogens (primary N) is 1. The van der Waals surface area contributed by atoms with Crippen molar-refractivity contribution in [1.82, 2.24) is 9.55 Å². The van der Waals surface area contributed by atoms with E-state index in [0.717, 1.165) is 15.9 Å². The Hall–Kier alpha value is -3.53. The summed E-state index contributed by atoms with van der Waals surface area (Å²) in [6.45, 7) is 3.28. The lowest BCUT2D eigenvalue weighted by Crippen LogP contribution is -2.28. The van der Waals surface area contributed by atoms with Crippen molar-refractivity contribution in [2.45, 2.75) is 20.4 Å². The summed E-state index contributed by atoms with van der Waals surface area (Å²) in [6, 6.07) is 6.29. The molecule has 0 fully saturated rings. The lowest BCUT2D eigenvalue weighted by Gasteiger charge is -2.09. The van der Waals surface area contributed by atoms with E-state index in [4.69, 9.17) is 10.5 Å². The summed E-state index contributed by atoms with van der Waals surface area (Å²) in [4.78, 5) is 53.2. The van der Waals surface area contributed by atoms with E-state index in [9.17, 15) is 19.2 Å². The van der Waals surface area contributed by atoms with Gasteiger partial charge in [-0.25, -0.2) is 9.78 Å². The van der Waals surface area contributed by atoms with Gasteiger partial charge in [-0.15, -0.1) is 11.3 Å². The Kier molecular flexibility index (Phi) is 5.74. The number of rotatable bonds is 6. The summed E-state index contributed by atoms with van der Waals surface area (Å²) in [5.41, 5.74) is 6.03. The van der Waals surface area contributed by atoms with Crippen molar-refractivity contribution in [3.8, 4) is 0 Å². The quantitative estimate of drug-likeness (QED) is 0.590. The number of primary amides is 1. The minimum absolute atomic E-state index is 0.243. The number of amides is 2. The zero-order valence-electron chi connectivity index (χ0n) is 15.7. The van der Waals surface area contributed by atoms with Crippen molar-refractivity contribution in [3.63, 3.8) is 0 Å². The van der Waals surface area contributed by atoms with Crippen LogP contribution in [0.1, 0.15) is 32.5 Å². The van der Waals surface area contributed by atoms with Gasteiger partial charge in [0.25, 0.3) is 11.5 Å². The number of benzene rings is 1. The molecule has 3 aromatic rings. The summed E-state index contributed by atoms with van der Waals surface area (Å²) in [5.74, 6) is -1.60. The van der Waals surface area contributed by atoms with Gasteiger partial charge in [0.1, 0.15) is 11.4 Å². The molecule has 0 aliphatic rings. The van der Waals surface area contributed by atoms with Crippen LogP contribution in [0.3, 0.4) is 0 Å². The molecule has 3 rings (SSSR count). The first-order valence-electron chi connectivity index (χ1n) is 8.67. The number of fused-ring (bicyclic) bond motifs is 1. The van der Waals surface area contributed by atoms with E-state index in [2.05, 4.69) is 10.3 Å². The Morgan fingerprint density at radius 1 is 1.31 bits per heavy atom. The molecule has 29 heavy (non-hydrogen) atoms. The smallest absolute Gasteiger partial charge is 0.338 e. The summed E-state index contributed by atoms with van der Waals surface area (Å²) < 4.78 is 6.08. The summed E-state index contributed by atoms with van der Waals surface area (Å²) in [7, 11) is 0. The number of carbonyl (C=O) groups excluding carboxylic acids is 3. The molecule has 0 radical (unpaired) electrons. The van der Waals surface area contributed by atoms with Gasteiger partial charge >= 0.3 is 5.97 Å². The second kappa shape index (κ2) is 8.23.